The lowest BCUT2D eigenvalue weighted by molar-refractivity contribution is -0.139. The van der Waals surface area contributed by atoms with E-state index < -0.39 is 0 Å². The number of hydrogen-bond donors (Lipinski definition) is 1. The number of carbonyl (C=O) groups excluding carboxylic acids is 1. The zero-order chi connectivity index (χ0) is 16.3. The van der Waals surface area contributed by atoms with Gasteiger partial charge >= 0.3 is 5.97 Å². The van der Waals surface area contributed by atoms with Crippen LogP contribution < -0.4 is 5.32 Å². The molecule has 6 atom stereocenters. The Kier molecular flexibility index (Phi) is 3.85. The zero-order valence-electron chi connectivity index (χ0n) is 14.5. The van der Waals surface area contributed by atoms with Crippen molar-refractivity contribution in [2.24, 2.45) is 11.8 Å². The highest BCUT2D eigenvalue weighted by molar-refractivity contribution is 8.04. The Labute approximate surface area is 148 Å². The first-order valence-electron chi connectivity index (χ1n) is 9.92. The Bertz CT molecular complexity index is 578. The van der Waals surface area contributed by atoms with Crippen molar-refractivity contribution in [1.29, 1.82) is 0 Å². The van der Waals surface area contributed by atoms with Crippen LogP contribution in [0.5, 0.6) is 0 Å². The Balaban J connectivity index is 1.55. The first-order chi connectivity index (χ1) is 11.8. The van der Waals surface area contributed by atoms with Gasteiger partial charge < -0.3 is 9.64 Å². The van der Waals surface area contributed by atoms with Crippen molar-refractivity contribution >= 4 is 17.7 Å². The summed E-state index contributed by atoms with van der Waals surface area (Å²) in [6.07, 6.45) is 10.8. The minimum Gasteiger partial charge on any atom is -0.463 e. The van der Waals surface area contributed by atoms with Gasteiger partial charge in [-0.25, -0.2) is 4.79 Å². The maximum atomic E-state index is 12.9. The maximum Gasteiger partial charge on any atom is 0.337 e. The summed E-state index contributed by atoms with van der Waals surface area (Å²) < 4.78 is 5.51. The number of fused-ring (bicyclic) bond motifs is 7. The monoisotopic (exact) mass is 348 g/mol. The van der Waals surface area contributed by atoms with Gasteiger partial charge in [0.05, 0.1) is 23.4 Å². The number of ether oxygens (including phenoxy) is 1. The van der Waals surface area contributed by atoms with E-state index in [0.29, 0.717) is 41.9 Å². The molecule has 0 aromatic rings. The van der Waals surface area contributed by atoms with E-state index in [-0.39, 0.29) is 5.97 Å². The smallest absolute Gasteiger partial charge is 0.337 e. The second-order valence-corrected chi connectivity index (χ2v) is 9.27. The quantitative estimate of drug-likeness (QED) is 0.776. The van der Waals surface area contributed by atoms with E-state index in [0.717, 1.165) is 5.57 Å². The summed E-state index contributed by atoms with van der Waals surface area (Å²) in [4.78, 5) is 15.5. The molecule has 0 bridgehead atoms. The second kappa shape index (κ2) is 5.94. The van der Waals surface area contributed by atoms with Gasteiger partial charge in [0.1, 0.15) is 0 Å². The lowest BCUT2D eigenvalue weighted by atomic mass is 9.77. The lowest BCUT2D eigenvalue weighted by Gasteiger charge is -2.35. The fraction of sp³-hybridized carbons (Fsp3) is 0.842. The van der Waals surface area contributed by atoms with Crippen LogP contribution in [0.2, 0.25) is 0 Å². The molecule has 0 spiro atoms. The van der Waals surface area contributed by atoms with Crippen molar-refractivity contribution in [3.63, 3.8) is 0 Å². The number of rotatable bonds is 2. The summed E-state index contributed by atoms with van der Waals surface area (Å²) in [5, 5.41) is 5.91. The summed E-state index contributed by atoms with van der Waals surface area (Å²) in [6.45, 7) is 2.40. The highest BCUT2D eigenvalue weighted by Crippen LogP contribution is 2.58. The van der Waals surface area contributed by atoms with Gasteiger partial charge in [0.25, 0.3) is 0 Å². The Morgan fingerprint density at radius 2 is 2.00 bits per heavy atom. The van der Waals surface area contributed by atoms with E-state index in [9.17, 15) is 4.79 Å². The fourth-order valence-electron chi connectivity index (χ4n) is 5.98. The van der Waals surface area contributed by atoms with Crippen LogP contribution in [0.4, 0.5) is 0 Å². The van der Waals surface area contributed by atoms with Crippen LogP contribution in [0.15, 0.2) is 10.6 Å². The largest absolute Gasteiger partial charge is 0.463 e. The molecular weight excluding hydrogens is 320 g/mol. The molecule has 5 aliphatic rings. The van der Waals surface area contributed by atoms with Gasteiger partial charge in [0, 0.05) is 23.3 Å². The fourth-order valence-corrected chi connectivity index (χ4v) is 7.69. The van der Waals surface area contributed by atoms with Gasteiger partial charge in [-0.1, -0.05) is 25.7 Å². The van der Waals surface area contributed by atoms with Crippen LogP contribution >= 0.6 is 11.8 Å². The number of nitrogens with zero attached hydrogens (tertiary/aromatic N) is 1. The molecule has 2 saturated heterocycles. The molecule has 0 aromatic heterocycles. The summed E-state index contributed by atoms with van der Waals surface area (Å²) >= 11 is 1.99. The third-order valence-electron chi connectivity index (χ3n) is 6.89. The lowest BCUT2D eigenvalue weighted by Crippen LogP contribution is -2.48. The maximum absolute atomic E-state index is 12.9. The Morgan fingerprint density at radius 1 is 1.21 bits per heavy atom. The third-order valence-corrected chi connectivity index (χ3v) is 8.39. The Morgan fingerprint density at radius 3 is 2.88 bits per heavy atom. The molecule has 4 nitrogen and oxygen atoms in total. The van der Waals surface area contributed by atoms with Gasteiger partial charge in [-0.2, -0.15) is 0 Å². The molecule has 6 unspecified atom stereocenters. The van der Waals surface area contributed by atoms with Crippen molar-refractivity contribution in [3.05, 3.63) is 10.6 Å². The average Bonchev–Trinajstić information content (AvgIpc) is 3.21. The van der Waals surface area contributed by atoms with Gasteiger partial charge in [-0.05, 0) is 38.5 Å². The van der Waals surface area contributed by atoms with Crippen molar-refractivity contribution in [1.82, 2.24) is 10.2 Å². The van der Waals surface area contributed by atoms with E-state index in [4.69, 9.17) is 4.74 Å². The summed E-state index contributed by atoms with van der Waals surface area (Å²) in [7, 11) is 0. The molecule has 2 saturated carbocycles. The van der Waals surface area contributed by atoms with E-state index in [1.807, 2.05) is 18.7 Å². The Hall–Kier alpha value is -0.680. The van der Waals surface area contributed by atoms with Gasteiger partial charge in [0.15, 0.2) is 0 Å². The number of hydrogen-bond acceptors (Lipinski definition) is 5. The molecule has 2 aliphatic carbocycles. The number of carbonyl (C=O) groups is 1. The van der Waals surface area contributed by atoms with Crippen molar-refractivity contribution < 1.29 is 9.53 Å². The summed E-state index contributed by atoms with van der Waals surface area (Å²) in [5.74, 6) is 0.952. The van der Waals surface area contributed by atoms with Crippen LogP contribution in [0.1, 0.15) is 58.3 Å². The molecule has 5 rings (SSSR count). The van der Waals surface area contributed by atoms with Crippen molar-refractivity contribution in [2.75, 3.05) is 6.61 Å². The van der Waals surface area contributed by atoms with E-state index in [1.54, 1.807) is 0 Å². The summed E-state index contributed by atoms with van der Waals surface area (Å²) in [5.41, 5.74) is 1.03. The topological polar surface area (TPSA) is 41.6 Å². The molecule has 0 radical (unpaired) electrons. The predicted molar refractivity (Wildman–Crippen MR) is 95.3 cm³/mol. The van der Waals surface area contributed by atoms with Crippen LogP contribution in [-0.2, 0) is 9.53 Å². The normalized spacial score (nSPS) is 43.3. The molecule has 132 valence electrons. The minimum absolute atomic E-state index is 0.0378. The van der Waals surface area contributed by atoms with E-state index >= 15 is 0 Å². The van der Waals surface area contributed by atoms with Crippen LogP contribution in [-0.4, -0.2) is 41.0 Å². The van der Waals surface area contributed by atoms with Crippen molar-refractivity contribution in [2.45, 2.75) is 81.8 Å². The predicted octanol–water partition coefficient (Wildman–Crippen LogP) is 3.24. The zero-order valence-corrected chi connectivity index (χ0v) is 15.3. The second-order valence-electron chi connectivity index (χ2n) is 8.05. The number of esters is 1. The molecule has 1 N–H and O–H groups in total. The highest BCUT2D eigenvalue weighted by atomic mass is 32.2. The van der Waals surface area contributed by atoms with Crippen LogP contribution in [0.25, 0.3) is 0 Å². The molecule has 4 fully saturated rings. The molecule has 0 aromatic carbocycles. The van der Waals surface area contributed by atoms with Gasteiger partial charge in [-0.15, -0.1) is 11.8 Å². The third kappa shape index (κ3) is 2.13. The number of nitrogens with one attached hydrogen (secondary N) is 1. The van der Waals surface area contributed by atoms with Gasteiger partial charge in [-0.3, -0.25) is 5.32 Å². The molecule has 0 amide bonds. The average molecular weight is 349 g/mol. The highest BCUT2D eigenvalue weighted by Gasteiger charge is 2.59. The summed E-state index contributed by atoms with van der Waals surface area (Å²) in [6, 6.07) is 1.23. The van der Waals surface area contributed by atoms with Gasteiger partial charge in [0.2, 0.25) is 0 Å². The minimum atomic E-state index is -0.0378. The first kappa shape index (κ1) is 15.6. The van der Waals surface area contributed by atoms with E-state index in [2.05, 4.69) is 10.2 Å². The SMILES string of the molecule is CCOC(=O)C1=C2SC3CCCCC3N2C2NC3CCCCC3C12. The molecule has 5 heteroatoms. The van der Waals surface area contributed by atoms with Crippen LogP contribution in [0.3, 0.4) is 0 Å². The molecule has 3 heterocycles. The first-order valence-corrected chi connectivity index (χ1v) is 10.8. The van der Waals surface area contributed by atoms with Crippen LogP contribution in [0, 0.1) is 11.8 Å². The van der Waals surface area contributed by atoms with E-state index in [1.165, 1.54) is 56.4 Å². The standard InChI is InChI=1S/C19H28N2O2S/c1-2-23-19(22)16-15-11-7-3-4-8-12(11)20-17(15)21-13-9-5-6-10-14(13)24-18(16)21/h11-15,17,20H,2-10H2,1H3. The molecule has 3 aliphatic heterocycles. The van der Waals surface area contributed by atoms with Crippen molar-refractivity contribution in [3.8, 4) is 0 Å². The number of thioether (sulfide) groups is 1. The molecular formula is C19H28N2O2S. The molecule has 24 heavy (non-hydrogen) atoms.